The smallest absolute Gasteiger partial charge is 0.419 e. The zero-order valence-electron chi connectivity index (χ0n) is 25.5. The van der Waals surface area contributed by atoms with Gasteiger partial charge in [0.25, 0.3) is 0 Å². The van der Waals surface area contributed by atoms with E-state index in [4.69, 9.17) is 9.47 Å². The van der Waals surface area contributed by atoms with Crippen molar-refractivity contribution in [3.05, 3.63) is 96.1 Å². The van der Waals surface area contributed by atoms with Gasteiger partial charge in [0.05, 0.1) is 31.5 Å². The zero-order valence-corrected chi connectivity index (χ0v) is 27.2. The van der Waals surface area contributed by atoms with Crippen LogP contribution >= 0.6 is 22.7 Å². The molecule has 0 saturated heterocycles. The number of benzene rings is 3. The van der Waals surface area contributed by atoms with E-state index in [0.29, 0.717) is 52.2 Å². The van der Waals surface area contributed by atoms with Crippen LogP contribution in [0.3, 0.4) is 0 Å². The Bertz CT molecular complexity index is 2520. The summed E-state index contributed by atoms with van der Waals surface area (Å²) in [6.07, 6.45) is -1.35. The lowest BCUT2D eigenvalue weighted by Gasteiger charge is -2.09. The van der Waals surface area contributed by atoms with Crippen LogP contribution in [0.2, 0.25) is 0 Å². The average Bonchev–Trinajstić information content (AvgIpc) is 3.89. The first-order chi connectivity index (χ1) is 24.4. The van der Waals surface area contributed by atoms with Gasteiger partial charge in [0.15, 0.2) is 0 Å². The summed E-state index contributed by atoms with van der Waals surface area (Å²) in [5.41, 5.74) is 2.69. The van der Waals surface area contributed by atoms with Crippen LogP contribution in [0.4, 0.5) is 19.6 Å². The van der Waals surface area contributed by atoms with Gasteiger partial charge in [-0.1, -0.05) is 60.7 Å². The first-order valence-electron chi connectivity index (χ1n) is 14.7. The number of aromatic nitrogens is 2. The van der Waals surface area contributed by atoms with Crippen molar-refractivity contribution in [3.8, 4) is 24.3 Å². The van der Waals surface area contributed by atoms with Crippen molar-refractivity contribution in [1.29, 1.82) is 21.0 Å². The van der Waals surface area contributed by atoms with Gasteiger partial charge in [0.1, 0.15) is 47.5 Å². The van der Waals surface area contributed by atoms with Crippen LogP contribution in [0.5, 0.6) is 0 Å². The summed E-state index contributed by atoms with van der Waals surface area (Å²) in [6, 6.07) is 32.1. The first kappa shape index (κ1) is 31.5. The number of rotatable bonds is 6. The van der Waals surface area contributed by atoms with Crippen molar-refractivity contribution in [2.45, 2.75) is 13.2 Å². The highest BCUT2D eigenvalue weighted by molar-refractivity contribution is 7.24. The highest BCUT2D eigenvalue weighted by atomic mass is 32.1. The fraction of sp³-hybridized carbons (Fsp3) is 0.0556. The fourth-order valence-corrected chi connectivity index (χ4v) is 7.56. The maximum Gasteiger partial charge on any atom is 0.419 e. The molecule has 14 heteroatoms. The Kier molecular flexibility index (Phi) is 8.31. The second kappa shape index (κ2) is 13.2. The minimum Gasteiger partial charge on any atom is -0.444 e. The molecule has 3 aromatic carbocycles. The second-order valence-electron chi connectivity index (χ2n) is 10.6. The summed E-state index contributed by atoms with van der Waals surface area (Å²) in [7, 11) is 0. The van der Waals surface area contributed by atoms with E-state index in [1.807, 2.05) is 60.7 Å². The van der Waals surface area contributed by atoms with Gasteiger partial charge in [-0.3, -0.25) is 0 Å². The maximum absolute atomic E-state index is 13.8. The topological polar surface area (TPSA) is 182 Å². The number of ether oxygens (including phenoxy) is 2. The number of fused-ring (bicyclic) bond motifs is 6. The van der Waals surface area contributed by atoms with Gasteiger partial charge in [-0.15, -0.1) is 22.7 Å². The highest BCUT2D eigenvalue weighted by Gasteiger charge is 2.26. The van der Waals surface area contributed by atoms with Gasteiger partial charge in [-0.25, -0.2) is 28.7 Å². The number of nitriles is 4. The van der Waals surface area contributed by atoms with Crippen molar-refractivity contribution < 1.29 is 19.1 Å². The molecule has 0 aliphatic heterocycles. The summed E-state index contributed by atoms with van der Waals surface area (Å²) in [6.45, 7) is 0.0110. The molecule has 0 fully saturated rings. The molecule has 12 nitrogen and oxygen atoms in total. The zero-order chi connectivity index (χ0) is 34.8. The molecule has 0 saturated carbocycles. The molecule has 7 aromatic rings. The Balaban J connectivity index is 1.45. The van der Waals surface area contributed by atoms with Gasteiger partial charge in [0.2, 0.25) is 11.4 Å². The van der Waals surface area contributed by atoms with E-state index in [2.05, 4.69) is 9.98 Å². The van der Waals surface area contributed by atoms with Crippen LogP contribution in [0.25, 0.3) is 42.2 Å². The van der Waals surface area contributed by atoms with E-state index in [1.165, 1.54) is 31.8 Å². The summed E-state index contributed by atoms with van der Waals surface area (Å²) in [5.74, 6) is 0. The highest BCUT2D eigenvalue weighted by Crippen LogP contribution is 2.45. The van der Waals surface area contributed by atoms with E-state index < -0.39 is 12.2 Å². The summed E-state index contributed by atoms with van der Waals surface area (Å²) in [5, 5.41) is 39.0. The summed E-state index contributed by atoms with van der Waals surface area (Å²) < 4.78 is 15.5. The third-order valence-corrected chi connectivity index (χ3v) is 9.71. The molecule has 0 atom stereocenters. The molecule has 0 aliphatic carbocycles. The number of thiophene rings is 2. The van der Waals surface area contributed by atoms with E-state index in [9.17, 15) is 30.6 Å². The quantitative estimate of drug-likeness (QED) is 0.155. The monoisotopic (exact) mass is 690 g/mol. The average molecular weight is 691 g/mol. The lowest BCUT2D eigenvalue weighted by molar-refractivity contribution is 0.142. The molecule has 0 unspecified atom stereocenters. The molecule has 0 amide bonds. The van der Waals surface area contributed by atoms with Gasteiger partial charge in [-0.2, -0.15) is 21.0 Å². The summed E-state index contributed by atoms with van der Waals surface area (Å²) >= 11 is 2.34. The Morgan fingerprint density at radius 3 is 1.32 bits per heavy atom. The van der Waals surface area contributed by atoms with Gasteiger partial charge in [0, 0.05) is 10.8 Å². The third-order valence-electron chi connectivity index (χ3n) is 7.61. The van der Waals surface area contributed by atoms with Crippen molar-refractivity contribution >= 4 is 98.5 Å². The molecule has 7 rings (SSSR count). The van der Waals surface area contributed by atoms with E-state index >= 15 is 0 Å². The molecule has 0 aliphatic rings. The molecule has 4 aromatic heterocycles. The molecule has 0 radical (unpaired) electrons. The van der Waals surface area contributed by atoms with Crippen LogP contribution < -0.4 is 0 Å². The molecular formula is C36H18N8O4S2. The Morgan fingerprint density at radius 1 is 0.580 bits per heavy atom. The molecule has 0 N–H and O–H groups in total. The van der Waals surface area contributed by atoms with Gasteiger partial charge in [-0.05, 0) is 35.4 Å². The van der Waals surface area contributed by atoms with E-state index in [0.717, 1.165) is 11.1 Å². The second-order valence-corrected chi connectivity index (χ2v) is 12.7. The van der Waals surface area contributed by atoms with Crippen LogP contribution in [0.1, 0.15) is 11.1 Å². The number of hydrogen-bond donors (Lipinski definition) is 0. The van der Waals surface area contributed by atoms with Crippen LogP contribution in [0, 0.1) is 45.3 Å². The number of carbonyl (C=O) groups excluding carboxylic acids is 2. The molecule has 50 heavy (non-hydrogen) atoms. The van der Waals surface area contributed by atoms with Crippen LogP contribution in [-0.2, 0) is 22.7 Å². The van der Waals surface area contributed by atoms with Crippen molar-refractivity contribution in [2.75, 3.05) is 0 Å². The largest absolute Gasteiger partial charge is 0.444 e. The third kappa shape index (κ3) is 5.70. The molecule has 0 bridgehead atoms. The predicted molar refractivity (Wildman–Crippen MR) is 189 cm³/mol. The first-order valence-corrected chi connectivity index (χ1v) is 16.3. The number of aliphatic imine (C=N–C) groups is 2. The number of nitrogens with zero attached hydrogens (tertiary/aromatic N) is 8. The van der Waals surface area contributed by atoms with Gasteiger partial charge < -0.3 is 9.47 Å². The Hall–Kier alpha value is -7.10. The minimum absolute atomic E-state index is 0.00549. The number of hydrogen-bond acceptors (Lipinski definition) is 12. The van der Waals surface area contributed by atoms with Crippen LogP contribution in [0.15, 0.2) is 94.9 Å². The van der Waals surface area contributed by atoms with E-state index in [-0.39, 0.29) is 24.6 Å². The lowest BCUT2D eigenvalue weighted by Crippen LogP contribution is -2.13. The Labute approximate surface area is 290 Å². The van der Waals surface area contributed by atoms with Crippen molar-refractivity contribution in [2.24, 2.45) is 9.98 Å². The molecule has 238 valence electrons. The lowest BCUT2D eigenvalue weighted by atomic mass is 10.2. The SMILES string of the molecule is N#CC(C#N)=Nc1cc2c(s1)c1cc3c(cc1n2C(=O)OCc1ccccc1)c1sc(N=C(C#N)C#N)cc1n3C(=O)OCc1ccccc1. The summed E-state index contributed by atoms with van der Waals surface area (Å²) in [4.78, 5) is 36.0. The number of carbonyl (C=O) groups is 2. The standard InChI is InChI=1S/C36H18N8O4S2/c37-15-23(16-38)41-31-13-29-33(49-31)25-12-28-26(11-27(25)43(29)35(45)47-19-21-7-3-1-4-8-21)34-30(14-32(50-34)42-24(17-39)18-40)44(28)36(46)48-20-22-9-5-2-6-10-22/h1-14H,19-20H2. The van der Waals surface area contributed by atoms with Gasteiger partial charge >= 0.3 is 12.2 Å². The maximum atomic E-state index is 13.8. The van der Waals surface area contributed by atoms with Crippen molar-refractivity contribution in [3.63, 3.8) is 0 Å². The van der Waals surface area contributed by atoms with Crippen LogP contribution in [-0.4, -0.2) is 32.7 Å². The Morgan fingerprint density at radius 2 is 0.960 bits per heavy atom. The molecule has 4 heterocycles. The van der Waals surface area contributed by atoms with E-state index in [1.54, 1.807) is 48.5 Å². The minimum atomic E-state index is -0.676. The normalized spacial score (nSPS) is 10.6. The fourth-order valence-electron chi connectivity index (χ4n) is 5.47. The van der Waals surface area contributed by atoms with Crippen molar-refractivity contribution in [1.82, 2.24) is 9.13 Å². The molecular weight excluding hydrogens is 673 g/mol. The molecule has 0 spiro atoms. The predicted octanol–water partition coefficient (Wildman–Crippen LogP) is 8.63.